The highest BCUT2D eigenvalue weighted by atomic mass is 19.4. The lowest BCUT2D eigenvalue weighted by Crippen LogP contribution is -2.30. The molecule has 1 nitrogen and oxygen atoms in total. The van der Waals surface area contributed by atoms with Crippen molar-refractivity contribution in [1.82, 2.24) is 0 Å². The van der Waals surface area contributed by atoms with Crippen LogP contribution in [0.5, 0.6) is 5.75 Å². The van der Waals surface area contributed by atoms with Crippen LogP contribution in [0.1, 0.15) is 87.3 Å². The summed E-state index contributed by atoms with van der Waals surface area (Å²) in [7, 11) is 0. The Bertz CT molecular complexity index is 950. The molecular weight excluding hydrogens is 421 g/mol. The van der Waals surface area contributed by atoms with Crippen molar-refractivity contribution in [3.8, 4) is 17.6 Å². The first kappa shape index (κ1) is 23.7. The molecule has 2 aliphatic carbocycles. The van der Waals surface area contributed by atoms with Gasteiger partial charge in [-0.1, -0.05) is 56.6 Å². The van der Waals surface area contributed by atoms with Gasteiger partial charge in [0.05, 0.1) is 0 Å². The van der Waals surface area contributed by atoms with E-state index in [2.05, 4.69) is 47.8 Å². The van der Waals surface area contributed by atoms with Crippen LogP contribution in [0.2, 0.25) is 0 Å². The maximum absolute atomic E-state index is 12.3. The SMILES string of the molecule is CCCCC1CCC2CC(c3ccc(C#Cc4ccc(OC(F)(F)F)cc4)cc3)CCC2C1. The molecule has 2 aliphatic rings. The van der Waals surface area contributed by atoms with Gasteiger partial charge < -0.3 is 4.74 Å². The summed E-state index contributed by atoms with van der Waals surface area (Å²) in [5, 5.41) is 0. The summed E-state index contributed by atoms with van der Waals surface area (Å²) in [4.78, 5) is 0. The smallest absolute Gasteiger partial charge is 0.406 e. The number of hydrogen-bond acceptors (Lipinski definition) is 1. The Labute approximate surface area is 195 Å². The Balaban J connectivity index is 1.32. The number of fused-ring (bicyclic) bond motifs is 1. The van der Waals surface area contributed by atoms with E-state index in [1.165, 1.54) is 87.6 Å². The van der Waals surface area contributed by atoms with Gasteiger partial charge in [-0.25, -0.2) is 0 Å². The molecule has 33 heavy (non-hydrogen) atoms. The van der Waals surface area contributed by atoms with Crippen LogP contribution in [0.15, 0.2) is 48.5 Å². The fourth-order valence-electron chi connectivity index (χ4n) is 5.77. The molecule has 2 aromatic carbocycles. The van der Waals surface area contributed by atoms with Crippen LogP contribution >= 0.6 is 0 Å². The molecule has 176 valence electrons. The molecule has 0 heterocycles. The van der Waals surface area contributed by atoms with Gasteiger partial charge in [-0.3, -0.25) is 0 Å². The second-order valence-corrected chi connectivity index (χ2v) is 9.80. The van der Waals surface area contributed by atoms with Crippen molar-refractivity contribution in [3.05, 3.63) is 65.2 Å². The Morgan fingerprint density at radius 1 is 0.818 bits per heavy atom. The van der Waals surface area contributed by atoms with Gasteiger partial charge in [0.1, 0.15) is 5.75 Å². The molecule has 0 aromatic heterocycles. The van der Waals surface area contributed by atoms with Crippen molar-refractivity contribution < 1.29 is 17.9 Å². The number of alkyl halides is 3. The van der Waals surface area contributed by atoms with Crippen LogP contribution in [-0.4, -0.2) is 6.36 Å². The predicted octanol–water partition coefficient (Wildman–Crippen LogP) is 8.48. The summed E-state index contributed by atoms with van der Waals surface area (Å²) >= 11 is 0. The molecule has 0 saturated heterocycles. The third-order valence-electron chi connectivity index (χ3n) is 7.51. The highest BCUT2D eigenvalue weighted by Crippen LogP contribution is 2.48. The Morgan fingerprint density at radius 2 is 1.42 bits per heavy atom. The second kappa shape index (κ2) is 10.7. The number of unbranched alkanes of at least 4 members (excludes halogenated alkanes) is 1. The molecule has 0 spiro atoms. The zero-order chi connectivity index (χ0) is 23.3. The van der Waals surface area contributed by atoms with Gasteiger partial charge in [-0.05, 0) is 97.7 Å². The Hall–Kier alpha value is -2.41. The van der Waals surface area contributed by atoms with Gasteiger partial charge in [0.25, 0.3) is 0 Å². The van der Waals surface area contributed by atoms with E-state index in [9.17, 15) is 13.2 Å². The predicted molar refractivity (Wildman–Crippen MR) is 126 cm³/mol. The topological polar surface area (TPSA) is 9.23 Å². The quantitative estimate of drug-likeness (QED) is 0.412. The zero-order valence-corrected chi connectivity index (χ0v) is 19.3. The first-order valence-electron chi connectivity index (χ1n) is 12.4. The van der Waals surface area contributed by atoms with Gasteiger partial charge >= 0.3 is 6.36 Å². The molecule has 4 atom stereocenters. The van der Waals surface area contributed by atoms with Gasteiger partial charge in [0, 0.05) is 11.1 Å². The van der Waals surface area contributed by atoms with E-state index in [1.54, 1.807) is 0 Å². The van der Waals surface area contributed by atoms with E-state index < -0.39 is 6.36 Å². The number of hydrogen-bond donors (Lipinski definition) is 0. The normalized spacial score (nSPS) is 25.0. The summed E-state index contributed by atoms with van der Waals surface area (Å²) < 4.78 is 40.7. The minimum absolute atomic E-state index is 0.235. The molecular formula is C29H33F3O. The molecule has 2 fully saturated rings. The number of rotatable bonds is 5. The molecule has 2 aromatic rings. The largest absolute Gasteiger partial charge is 0.573 e. The molecule has 0 radical (unpaired) electrons. The zero-order valence-electron chi connectivity index (χ0n) is 19.3. The summed E-state index contributed by atoms with van der Waals surface area (Å²) in [6.07, 6.45) is 7.72. The number of ether oxygens (including phenoxy) is 1. The first-order valence-corrected chi connectivity index (χ1v) is 12.4. The molecule has 4 unspecified atom stereocenters. The Kier molecular flexibility index (Phi) is 7.68. The standard InChI is InChI=1S/C29H33F3O/c1-2-3-4-23-9-14-27-20-26(16-15-25(27)19-23)24-12-7-21(8-13-24)5-6-22-10-17-28(18-11-22)33-29(30,31)32/h7-8,10-13,17-18,23,25-27H,2-4,9,14-16,19-20H2,1H3. The van der Waals surface area contributed by atoms with E-state index >= 15 is 0 Å². The summed E-state index contributed by atoms with van der Waals surface area (Å²) in [5.74, 6) is 9.35. The van der Waals surface area contributed by atoms with Gasteiger partial charge in [-0.15, -0.1) is 13.2 Å². The molecule has 0 amide bonds. The maximum atomic E-state index is 12.3. The van der Waals surface area contributed by atoms with Crippen LogP contribution in [-0.2, 0) is 0 Å². The summed E-state index contributed by atoms with van der Waals surface area (Å²) in [5.41, 5.74) is 2.99. The summed E-state index contributed by atoms with van der Waals surface area (Å²) in [6, 6.07) is 14.2. The van der Waals surface area contributed by atoms with E-state index in [4.69, 9.17) is 0 Å². The van der Waals surface area contributed by atoms with E-state index in [1.807, 2.05) is 0 Å². The van der Waals surface area contributed by atoms with Crippen molar-refractivity contribution >= 4 is 0 Å². The fourth-order valence-corrected chi connectivity index (χ4v) is 5.77. The van der Waals surface area contributed by atoms with Gasteiger partial charge in [-0.2, -0.15) is 0 Å². The maximum Gasteiger partial charge on any atom is 0.573 e. The number of benzene rings is 2. The highest BCUT2D eigenvalue weighted by Gasteiger charge is 2.35. The highest BCUT2D eigenvalue weighted by molar-refractivity contribution is 5.45. The lowest BCUT2D eigenvalue weighted by molar-refractivity contribution is -0.274. The summed E-state index contributed by atoms with van der Waals surface area (Å²) in [6.45, 7) is 2.29. The van der Waals surface area contributed by atoms with Crippen LogP contribution < -0.4 is 4.74 Å². The Morgan fingerprint density at radius 3 is 2.06 bits per heavy atom. The third-order valence-corrected chi connectivity index (χ3v) is 7.51. The molecule has 2 saturated carbocycles. The average Bonchev–Trinajstić information content (AvgIpc) is 2.81. The lowest BCUT2D eigenvalue weighted by atomic mass is 9.63. The van der Waals surface area contributed by atoms with E-state index in [0.717, 1.165) is 23.3 Å². The lowest BCUT2D eigenvalue weighted by Gasteiger charge is -2.42. The first-order chi connectivity index (χ1) is 15.9. The average molecular weight is 455 g/mol. The van der Waals surface area contributed by atoms with Crippen LogP contribution in [0.25, 0.3) is 0 Å². The third kappa shape index (κ3) is 6.79. The van der Waals surface area contributed by atoms with Gasteiger partial charge in [0.2, 0.25) is 0 Å². The molecule has 0 aliphatic heterocycles. The van der Waals surface area contributed by atoms with Crippen LogP contribution in [0.4, 0.5) is 13.2 Å². The van der Waals surface area contributed by atoms with Crippen LogP contribution in [0.3, 0.4) is 0 Å². The van der Waals surface area contributed by atoms with Crippen molar-refractivity contribution in [1.29, 1.82) is 0 Å². The van der Waals surface area contributed by atoms with Crippen molar-refractivity contribution in [2.75, 3.05) is 0 Å². The van der Waals surface area contributed by atoms with Gasteiger partial charge in [0.15, 0.2) is 0 Å². The van der Waals surface area contributed by atoms with Crippen molar-refractivity contribution in [2.24, 2.45) is 17.8 Å². The van der Waals surface area contributed by atoms with E-state index in [0.29, 0.717) is 11.5 Å². The molecule has 0 N–H and O–H groups in total. The molecule has 4 heteroatoms. The number of halogens is 3. The van der Waals surface area contributed by atoms with Crippen molar-refractivity contribution in [3.63, 3.8) is 0 Å². The van der Waals surface area contributed by atoms with Crippen molar-refractivity contribution in [2.45, 2.75) is 77.0 Å². The monoisotopic (exact) mass is 454 g/mol. The molecule has 0 bridgehead atoms. The minimum atomic E-state index is -4.68. The van der Waals surface area contributed by atoms with Crippen LogP contribution in [0, 0.1) is 29.6 Å². The van der Waals surface area contributed by atoms with E-state index in [-0.39, 0.29) is 5.75 Å². The molecule has 4 rings (SSSR count). The minimum Gasteiger partial charge on any atom is -0.406 e. The fraction of sp³-hybridized carbons (Fsp3) is 0.517. The second-order valence-electron chi connectivity index (χ2n) is 9.80.